The van der Waals surface area contributed by atoms with E-state index in [0.29, 0.717) is 6.61 Å². The second-order valence-corrected chi connectivity index (χ2v) is 3.57. The highest BCUT2D eigenvalue weighted by Crippen LogP contribution is 2.28. The van der Waals surface area contributed by atoms with Gasteiger partial charge in [0.25, 0.3) is 0 Å². The molecule has 2 rings (SSSR count). The second-order valence-electron chi connectivity index (χ2n) is 3.57. The summed E-state index contributed by atoms with van der Waals surface area (Å²) >= 11 is 0. The number of benzene rings is 1. The Morgan fingerprint density at radius 3 is 3.19 bits per heavy atom. The highest BCUT2D eigenvalue weighted by molar-refractivity contribution is 5.41. The molecule has 1 aliphatic heterocycles. The third-order valence-corrected chi connectivity index (χ3v) is 2.51. The summed E-state index contributed by atoms with van der Waals surface area (Å²) in [4.78, 5) is 0. The van der Waals surface area contributed by atoms with Crippen LogP contribution in [0.2, 0.25) is 0 Å². The van der Waals surface area contributed by atoms with Gasteiger partial charge in [-0.25, -0.2) is 0 Å². The van der Waals surface area contributed by atoms with Crippen LogP contribution >= 0.6 is 0 Å². The van der Waals surface area contributed by atoms with Crippen molar-refractivity contribution in [2.75, 3.05) is 19.8 Å². The van der Waals surface area contributed by atoms with Crippen molar-refractivity contribution in [3.05, 3.63) is 29.3 Å². The first kappa shape index (κ1) is 10.9. The molecule has 1 aromatic carbocycles. The molecule has 1 aromatic rings. The summed E-state index contributed by atoms with van der Waals surface area (Å²) in [6.45, 7) is 0.797. The molecule has 0 amide bonds. The Morgan fingerprint density at radius 2 is 2.44 bits per heavy atom. The monoisotopic (exact) mass is 219 g/mol. The van der Waals surface area contributed by atoms with E-state index >= 15 is 0 Å². The zero-order valence-electron chi connectivity index (χ0n) is 8.85. The third-order valence-electron chi connectivity index (χ3n) is 2.51. The molecule has 1 unspecified atom stereocenters. The Labute approximate surface area is 94.0 Å². The molecule has 84 valence electrons. The van der Waals surface area contributed by atoms with Gasteiger partial charge < -0.3 is 14.6 Å². The van der Waals surface area contributed by atoms with Crippen molar-refractivity contribution in [2.24, 2.45) is 0 Å². The number of ether oxygens (including phenoxy) is 2. The van der Waals surface area contributed by atoms with E-state index in [1.807, 2.05) is 18.2 Å². The van der Waals surface area contributed by atoms with Crippen LogP contribution in [0.4, 0.5) is 0 Å². The Kier molecular flexibility index (Phi) is 3.40. The molecular formula is C12H13NO3. The Hall–Kier alpha value is -1.57. The van der Waals surface area contributed by atoms with Gasteiger partial charge in [-0.15, -0.1) is 0 Å². The van der Waals surface area contributed by atoms with Crippen LogP contribution in [0.3, 0.4) is 0 Å². The van der Waals surface area contributed by atoms with Crippen LogP contribution in [0.5, 0.6) is 5.75 Å². The van der Waals surface area contributed by atoms with Crippen LogP contribution in [0.25, 0.3) is 0 Å². The van der Waals surface area contributed by atoms with Crippen molar-refractivity contribution in [3.8, 4) is 11.8 Å². The van der Waals surface area contributed by atoms with Crippen LogP contribution in [0.15, 0.2) is 18.2 Å². The van der Waals surface area contributed by atoms with E-state index < -0.39 is 6.10 Å². The van der Waals surface area contributed by atoms with E-state index in [1.165, 1.54) is 0 Å². The maximum absolute atomic E-state index is 8.97. The largest absolute Gasteiger partial charge is 0.493 e. The lowest BCUT2D eigenvalue weighted by molar-refractivity contribution is 0.0581. The number of nitrogens with zero attached hydrogens (tertiary/aromatic N) is 1. The lowest BCUT2D eigenvalue weighted by Crippen LogP contribution is -2.06. The zero-order valence-corrected chi connectivity index (χ0v) is 8.85. The van der Waals surface area contributed by atoms with Gasteiger partial charge in [-0.1, -0.05) is 6.07 Å². The predicted octanol–water partition coefficient (Wildman–Crippen LogP) is 1.20. The van der Waals surface area contributed by atoms with Crippen molar-refractivity contribution in [1.82, 2.24) is 0 Å². The summed E-state index contributed by atoms with van der Waals surface area (Å²) in [6, 6.07) is 7.70. The average molecular weight is 219 g/mol. The van der Waals surface area contributed by atoms with Crippen LogP contribution in [-0.4, -0.2) is 24.9 Å². The van der Waals surface area contributed by atoms with Crippen LogP contribution in [-0.2, 0) is 11.2 Å². The molecule has 1 aliphatic rings. The summed E-state index contributed by atoms with van der Waals surface area (Å²) in [5.74, 6) is 0.891. The van der Waals surface area contributed by atoms with Crippen molar-refractivity contribution >= 4 is 0 Å². The normalized spacial score (nSPS) is 15.0. The standard InChI is InChI=1S/C12H13NO3/c13-8-12(16-6-4-14)9-1-2-11-10(7-9)3-5-15-11/h1-2,7,12,14H,3-6H2. The van der Waals surface area contributed by atoms with Gasteiger partial charge in [0.05, 0.1) is 25.9 Å². The minimum atomic E-state index is -0.613. The summed E-state index contributed by atoms with van der Waals surface area (Å²) in [5.41, 5.74) is 1.94. The fourth-order valence-corrected chi connectivity index (χ4v) is 1.75. The Morgan fingerprint density at radius 1 is 1.56 bits per heavy atom. The van der Waals surface area contributed by atoms with Gasteiger partial charge in [-0.3, -0.25) is 0 Å². The van der Waals surface area contributed by atoms with E-state index in [0.717, 1.165) is 23.3 Å². The predicted molar refractivity (Wildman–Crippen MR) is 57.0 cm³/mol. The number of rotatable bonds is 4. The van der Waals surface area contributed by atoms with Gasteiger partial charge in [-0.2, -0.15) is 5.26 Å². The Bertz CT molecular complexity index is 411. The van der Waals surface area contributed by atoms with Crippen molar-refractivity contribution in [3.63, 3.8) is 0 Å². The van der Waals surface area contributed by atoms with E-state index in [4.69, 9.17) is 19.8 Å². The fourth-order valence-electron chi connectivity index (χ4n) is 1.75. The Balaban J connectivity index is 2.16. The molecule has 0 aliphatic carbocycles. The molecule has 0 bridgehead atoms. The maximum atomic E-state index is 8.97. The minimum Gasteiger partial charge on any atom is -0.493 e. The number of aliphatic hydroxyl groups excluding tert-OH is 1. The van der Waals surface area contributed by atoms with Crippen LogP contribution < -0.4 is 4.74 Å². The molecule has 0 saturated carbocycles. The van der Waals surface area contributed by atoms with E-state index in [-0.39, 0.29) is 13.2 Å². The van der Waals surface area contributed by atoms with Gasteiger partial charge in [0.15, 0.2) is 6.10 Å². The SMILES string of the molecule is N#CC(OCCO)c1ccc2c(c1)CCO2. The molecule has 4 heteroatoms. The molecule has 4 nitrogen and oxygen atoms in total. The fraction of sp³-hybridized carbons (Fsp3) is 0.417. The number of hydrogen-bond acceptors (Lipinski definition) is 4. The molecule has 16 heavy (non-hydrogen) atoms. The molecular weight excluding hydrogens is 206 g/mol. The molecule has 0 saturated heterocycles. The summed E-state index contributed by atoms with van der Waals surface area (Å²) in [7, 11) is 0. The summed E-state index contributed by atoms with van der Waals surface area (Å²) < 4.78 is 10.6. The summed E-state index contributed by atoms with van der Waals surface area (Å²) in [5, 5.41) is 17.6. The zero-order chi connectivity index (χ0) is 11.4. The first-order chi connectivity index (χ1) is 7.85. The van der Waals surface area contributed by atoms with Gasteiger partial charge in [0.2, 0.25) is 0 Å². The smallest absolute Gasteiger partial charge is 0.169 e. The number of fused-ring (bicyclic) bond motifs is 1. The first-order valence-corrected chi connectivity index (χ1v) is 5.23. The van der Waals surface area contributed by atoms with E-state index in [2.05, 4.69) is 6.07 Å². The molecule has 1 N–H and O–H groups in total. The lowest BCUT2D eigenvalue weighted by atomic mass is 10.1. The minimum absolute atomic E-state index is 0.0772. The van der Waals surface area contributed by atoms with Crippen molar-refractivity contribution in [1.29, 1.82) is 5.26 Å². The molecule has 0 spiro atoms. The van der Waals surface area contributed by atoms with E-state index in [9.17, 15) is 0 Å². The topological polar surface area (TPSA) is 62.5 Å². The van der Waals surface area contributed by atoms with E-state index in [1.54, 1.807) is 0 Å². The highest BCUT2D eigenvalue weighted by atomic mass is 16.5. The average Bonchev–Trinajstić information content (AvgIpc) is 2.77. The molecule has 1 atom stereocenters. The highest BCUT2D eigenvalue weighted by Gasteiger charge is 2.16. The third kappa shape index (κ3) is 2.16. The molecule has 0 aromatic heterocycles. The number of hydrogen-bond donors (Lipinski definition) is 1. The molecule has 1 heterocycles. The summed E-state index contributed by atoms with van der Waals surface area (Å²) in [6.07, 6.45) is 0.263. The quantitative estimate of drug-likeness (QED) is 0.826. The number of nitriles is 1. The van der Waals surface area contributed by atoms with Crippen molar-refractivity contribution < 1.29 is 14.6 Å². The van der Waals surface area contributed by atoms with Crippen LogP contribution in [0, 0.1) is 11.3 Å². The maximum Gasteiger partial charge on any atom is 0.169 e. The van der Waals surface area contributed by atoms with Crippen LogP contribution in [0.1, 0.15) is 17.2 Å². The lowest BCUT2D eigenvalue weighted by Gasteiger charge is -2.11. The number of aliphatic hydroxyl groups is 1. The molecule has 0 fully saturated rings. The van der Waals surface area contributed by atoms with Gasteiger partial charge >= 0.3 is 0 Å². The first-order valence-electron chi connectivity index (χ1n) is 5.23. The van der Waals surface area contributed by atoms with Gasteiger partial charge in [0.1, 0.15) is 5.75 Å². The van der Waals surface area contributed by atoms with Crippen molar-refractivity contribution in [2.45, 2.75) is 12.5 Å². The molecule has 0 radical (unpaired) electrons. The second kappa shape index (κ2) is 4.97. The van der Waals surface area contributed by atoms with Gasteiger partial charge in [0, 0.05) is 6.42 Å². The van der Waals surface area contributed by atoms with Gasteiger partial charge in [-0.05, 0) is 23.3 Å².